The molecule has 1 aliphatic heterocycles. The molecule has 7 nitrogen and oxygen atoms in total. The largest absolute Gasteiger partial charge is 0.481 e. The molecule has 2 unspecified atom stereocenters. The molecule has 2 amide bonds. The van der Waals surface area contributed by atoms with E-state index in [0.717, 1.165) is 11.2 Å². The predicted molar refractivity (Wildman–Crippen MR) is 85.4 cm³/mol. The van der Waals surface area contributed by atoms with Crippen LogP contribution in [-0.4, -0.2) is 44.5 Å². The fourth-order valence-electron chi connectivity index (χ4n) is 3.17. The topological polar surface area (TPSA) is 86.9 Å². The van der Waals surface area contributed by atoms with Crippen molar-refractivity contribution in [3.63, 3.8) is 0 Å². The summed E-state index contributed by atoms with van der Waals surface area (Å²) in [5.41, 5.74) is 2.48. The molecular formula is C16H20N4O3. The van der Waals surface area contributed by atoms with E-state index in [4.69, 9.17) is 0 Å². The lowest BCUT2D eigenvalue weighted by molar-refractivity contribution is -0.143. The van der Waals surface area contributed by atoms with Crippen molar-refractivity contribution in [2.24, 2.45) is 11.8 Å². The number of fused-ring (bicyclic) bond motifs is 1. The number of imidazole rings is 1. The number of piperidine rings is 1. The number of carboxylic acids is 1. The molecule has 7 heteroatoms. The Morgan fingerprint density at radius 2 is 2.17 bits per heavy atom. The van der Waals surface area contributed by atoms with E-state index in [2.05, 4.69) is 10.3 Å². The lowest BCUT2D eigenvalue weighted by Crippen LogP contribution is -2.47. The fourth-order valence-corrected chi connectivity index (χ4v) is 3.17. The Morgan fingerprint density at radius 3 is 2.91 bits per heavy atom. The average Bonchev–Trinajstić information content (AvgIpc) is 2.95. The van der Waals surface area contributed by atoms with Crippen molar-refractivity contribution in [2.75, 3.05) is 18.4 Å². The average molecular weight is 316 g/mol. The number of hydrogen-bond donors (Lipinski definition) is 2. The van der Waals surface area contributed by atoms with Crippen LogP contribution in [0, 0.1) is 18.8 Å². The molecule has 2 N–H and O–H groups in total. The van der Waals surface area contributed by atoms with Gasteiger partial charge in [-0.1, -0.05) is 6.92 Å². The zero-order valence-electron chi connectivity index (χ0n) is 13.2. The summed E-state index contributed by atoms with van der Waals surface area (Å²) in [6, 6.07) is 1.60. The van der Waals surface area contributed by atoms with Crippen molar-refractivity contribution >= 4 is 23.3 Å². The molecule has 0 aliphatic carbocycles. The maximum absolute atomic E-state index is 12.5. The van der Waals surface area contributed by atoms with E-state index in [1.807, 2.05) is 30.5 Å². The first kappa shape index (κ1) is 15.3. The van der Waals surface area contributed by atoms with Crippen LogP contribution in [0.3, 0.4) is 0 Å². The molecule has 1 fully saturated rings. The summed E-state index contributed by atoms with van der Waals surface area (Å²) in [7, 11) is 0. The number of likely N-dealkylation sites (tertiary alicyclic amines) is 1. The molecule has 1 saturated heterocycles. The van der Waals surface area contributed by atoms with Gasteiger partial charge < -0.3 is 19.7 Å². The standard InChI is InChI=1S/C16H20N4O3/c1-10-5-12(15(21)22)8-20(7-10)16(23)18-13-6-11(2)14-17-3-4-19(14)9-13/h3-4,6,9-10,12H,5,7-8H2,1-2H3,(H,18,23)(H,21,22). The van der Waals surface area contributed by atoms with Gasteiger partial charge in [-0.3, -0.25) is 4.79 Å². The third kappa shape index (κ3) is 3.13. The van der Waals surface area contributed by atoms with E-state index in [-0.39, 0.29) is 18.5 Å². The number of urea groups is 1. The van der Waals surface area contributed by atoms with Crippen LogP contribution >= 0.6 is 0 Å². The maximum atomic E-state index is 12.5. The number of pyridine rings is 1. The number of anilines is 1. The van der Waals surface area contributed by atoms with Gasteiger partial charge in [0.15, 0.2) is 0 Å². The summed E-state index contributed by atoms with van der Waals surface area (Å²) < 4.78 is 1.85. The smallest absolute Gasteiger partial charge is 0.321 e. The number of carbonyl (C=O) groups excluding carboxylic acids is 1. The number of nitrogens with one attached hydrogen (secondary N) is 1. The molecule has 0 spiro atoms. The summed E-state index contributed by atoms with van der Waals surface area (Å²) >= 11 is 0. The number of amides is 2. The van der Waals surface area contributed by atoms with Crippen molar-refractivity contribution in [3.05, 3.63) is 30.2 Å². The van der Waals surface area contributed by atoms with E-state index < -0.39 is 11.9 Å². The molecule has 2 atom stereocenters. The van der Waals surface area contributed by atoms with Gasteiger partial charge in [0.1, 0.15) is 5.65 Å². The molecule has 2 aromatic rings. The van der Waals surface area contributed by atoms with Crippen LogP contribution in [0.4, 0.5) is 10.5 Å². The van der Waals surface area contributed by atoms with E-state index in [1.54, 1.807) is 17.3 Å². The van der Waals surface area contributed by atoms with Crippen molar-refractivity contribution in [1.82, 2.24) is 14.3 Å². The number of carboxylic acid groups (broad SMARTS) is 1. The Kier molecular flexibility index (Phi) is 3.94. The number of aryl methyl sites for hydroxylation is 1. The molecule has 3 heterocycles. The van der Waals surface area contributed by atoms with Crippen molar-refractivity contribution in [2.45, 2.75) is 20.3 Å². The second-order valence-electron chi connectivity index (χ2n) is 6.28. The Balaban J connectivity index is 1.75. The Labute approximate surface area is 133 Å². The number of nitrogens with zero attached hydrogens (tertiary/aromatic N) is 3. The highest BCUT2D eigenvalue weighted by atomic mass is 16.4. The van der Waals surface area contributed by atoms with E-state index >= 15 is 0 Å². The lowest BCUT2D eigenvalue weighted by Gasteiger charge is -2.34. The van der Waals surface area contributed by atoms with Crippen LogP contribution in [0.2, 0.25) is 0 Å². The number of rotatable bonds is 2. The van der Waals surface area contributed by atoms with E-state index in [9.17, 15) is 14.7 Å². The summed E-state index contributed by atoms with van der Waals surface area (Å²) in [6.45, 7) is 4.72. The van der Waals surface area contributed by atoms with Crippen molar-refractivity contribution < 1.29 is 14.7 Å². The molecule has 2 aromatic heterocycles. The van der Waals surface area contributed by atoms with Gasteiger partial charge in [0.25, 0.3) is 0 Å². The summed E-state index contributed by atoms with van der Waals surface area (Å²) in [4.78, 5) is 29.5. The molecule has 0 radical (unpaired) electrons. The van der Waals surface area contributed by atoms with Crippen molar-refractivity contribution in [3.8, 4) is 0 Å². The van der Waals surface area contributed by atoms with Crippen LogP contribution < -0.4 is 5.32 Å². The third-order valence-corrected chi connectivity index (χ3v) is 4.22. The van der Waals surface area contributed by atoms with Gasteiger partial charge in [-0.15, -0.1) is 0 Å². The highest BCUT2D eigenvalue weighted by Gasteiger charge is 2.31. The van der Waals surface area contributed by atoms with Gasteiger partial charge >= 0.3 is 12.0 Å². The minimum atomic E-state index is -0.843. The summed E-state index contributed by atoms with van der Waals surface area (Å²) in [6.07, 6.45) is 5.94. The maximum Gasteiger partial charge on any atom is 0.321 e. The fraction of sp³-hybridized carbons (Fsp3) is 0.438. The lowest BCUT2D eigenvalue weighted by atomic mass is 9.91. The highest BCUT2D eigenvalue weighted by molar-refractivity contribution is 5.90. The number of carbonyl (C=O) groups is 2. The number of aliphatic carboxylic acids is 1. The van der Waals surface area contributed by atoms with Crippen molar-refractivity contribution in [1.29, 1.82) is 0 Å². The molecule has 1 aliphatic rings. The van der Waals surface area contributed by atoms with Gasteiger partial charge in [-0.25, -0.2) is 9.78 Å². The van der Waals surface area contributed by atoms with Gasteiger partial charge in [-0.05, 0) is 30.9 Å². The molecule has 3 rings (SSSR count). The number of hydrogen-bond acceptors (Lipinski definition) is 3. The Morgan fingerprint density at radius 1 is 1.39 bits per heavy atom. The summed E-state index contributed by atoms with van der Waals surface area (Å²) in [5, 5.41) is 12.1. The minimum absolute atomic E-state index is 0.175. The van der Waals surface area contributed by atoms with Gasteiger partial charge in [-0.2, -0.15) is 0 Å². The predicted octanol–water partition coefficient (Wildman–Crippen LogP) is 2.22. The Bertz CT molecular complexity index is 755. The SMILES string of the molecule is Cc1cc(NC(=O)N2CC(C)CC(C(=O)O)C2)cn2ccnc12. The Hall–Kier alpha value is -2.57. The highest BCUT2D eigenvalue weighted by Crippen LogP contribution is 2.23. The summed E-state index contributed by atoms with van der Waals surface area (Å²) in [5.74, 6) is -1.17. The van der Waals surface area contributed by atoms with Crippen LogP contribution in [0.15, 0.2) is 24.7 Å². The second kappa shape index (κ2) is 5.91. The molecule has 0 saturated carbocycles. The van der Waals surface area contributed by atoms with E-state index in [0.29, 0.717) is 18.7 Å². The number of aromatic nitrogens is 2. The first-order valence-electron chi connectivity index (χ1n) is 7.66. The quantitative estimate of drug-likeness (QED) is 0.889. The van der Waals surface area contributed by atoms with Crippen LogP contribution in [0.5, 0.6) is 0 Å². The van der Waals surface area contributed by atoms with Gasteiger partial charge in [0.05, 0.1) is 11.6 Å². The minimum Gasteiger partial charge on any atom is -0.481 e. The van der Waals surface area contributed by atoms with E-state index in [1.165, 1.54) is 0 Å². The molecule has 122 valence electrons. The monoisotopic (exact) mass is 316 g/mol. The molecule has 23 heavy (non-hydrogen) atoms. The normalized spacial score (nSPS) is 21.4. The third-order valence-electron chi connectivity index (χ3n) is 4.22. The van der Waals surface area contributed by atoms with Crippen LogP contribution in [0.25, 0.3) is 5.65 Å². The molecule has 0 aromatic carbocycles. The van der Waals surface area contributed by atoms with Gasteiger partial charge in [0.2, 0.25) is 0 Å². The zero-order valence-corrected chi connectivity index (χ0v) is 13.2. The first-order chi connectivity index (χ1) is 10.9. The first-order valence-corrected chi connectivity index (χ1v) is 7.66. The second-order valence-corrected chi connectivity index (χ2v) is 6.28. The molecular weight excluding hydrogens is 296 g/mol. The van der Waals surface area contributed by atoms with Crippen LogP contribution in [-0.2, 0) is 4.79 Å². The molecule has 0 bridgehead atoms. The van der Waals surface area contributed by atoms with Gasteiger partial charge in [0, 0.05) is 31.7 Å². The zero-order chi connectivity index (χ0) is 16.6. The van der Waals surface area contributed by atoms with Crippen LogP contribution in [0.1, 0.15) is 18.9 Å².